The molecule has 86 valence electrons. The van der Waals surface area contributed by atoms with Crippen LogP contribution in [0.3, 0.4) is 0 Å². The second-order valence-corrected chi connectivity index (χ2v) is 4.11. The van der Waals surface area contributed by atoms with Gasteiger partial charge in [0.05, 0.1) is 0 Å². The third-order valence-corrected chi connectivity index (χ3v) is 3.29. The Morgan fingerprint density at radius 3 is 1.67 bits per heavy atom. The van der Waals surface area contributed by atoms with Crippen LogP contribution in [0, 0.1) is 12.1 Å². The van der Waals surface area contributed by atoms with E-state index in [0.717, 1.165) is 0 Å². The number of benzene rings is 2. The monoisotopic (exact) mass is 230 g/mol. The van der Waals surface area contributed by atoms with Crippen LogP contribution in [0.15, 0.2) is 48.5 Å². The van der Waals surface area contributed by atoms with Crippen molar-refractivity contribution in [3.8, 4) is 22.3 Å². The summed E-state index contributed by atoms with van der Waals surface area (Å²) in [6.45, 7) is 4.00. The van der Waals surface area contributed by atoms with E-state index in [0.29, 0.717) is 0 Å². The highest BCUT2D eigenvalue weighted by molar-refractivity contribution is 6.14. The first-order valence-corrected chi connectivity index (χ1v) is 6.39. The van der Waals surface area contributed by atoms with Crippen LogP contribution >= 0.6 is 0 Å². The first kappa shape index (κ1) is 10.9. The van der Waals surface area contributed by atoms with Gasteiger partial charge in [-0.2, -0.15) is 0 Å². The van der Waals surface area contributed by atoms with Crippen molar-refractivity contribution in [1.29, 1.82) is 0 Å². The molecule has 4 rings (SSSR count). The average Bonchev–Trinajstić information content (AvgIpc) is 2.79. The zero-order valence-electron chi connectivity index (χ0n) is 10.6. The van der Waals surface area contributed by atoms with Crippen molar-refractivity contribution in [3.05, 3.63) is 60.7 Å². The van der Waals surface area contributed by atoms with E-state index in [-0.39, 0.29) is 0 Å². The van der Waals surface area contributed by atoms with Gasteiger partial charge in [0.1, 0.15) is 0 Å². The molecule has 0 nitrogen and oxygen atoms in total. The molecule has 0 saturated carbocycles. The molecule has 0 spiro atoms. The van der Waals surface area contributed by atoms with E-state index in [1.54, 1.807) is 0 Å². The van der Waals surface area contributed by atoms with Gasteiger partial charge in [-0.05, 0) is 45.2 Å². The minimum Gasteiger partial charge on any atom is -0.0696 e. The number of fused-ring (bicyclic) bond motifs is 3. The Hall–Kier alpha value is -2.26. The summed E-state index contributed by atoms with van der Waals surface area (Å²) in [4.78, 5) is 0. The molecule has 0 N–H and O–H groups in total. The summed E-state index contributed by atoms with van der Waals surface area (Å²) in [6, 6.07) is 23.1. The van der Waals surface area contributed by atoms with Gasteiger partial charge in [-0.3, -0.25) is 0 Å². The van der Waals surface area contributed by atoms with E-state index >= 15 is 0 Å². The van der Waals surface area contributed by atoms with Crippen molar-refractivity contribution in [1.82, 2.24) is 0 Å². The minimum atomic E-state index is 1.28. The maximum Gasteiger partial charge on any atom is -0.000857 e. The lowest BCUT2D eigenvalue weighted by molar-refractivity contribution is 1.50. The van der Waals surface area contributed by atoms with E-state index in [4.69, 9.17) is 0 Å². The van der Waals surface area contributed by atoms with Crippen LogP contribution in [0.2, 0.25) is 0 Å². The maximum atomic E-state index is 3.05. The van der Waals surface area contributed by atoms with Crippen molar-refractivity contribution >= 4 is 10.8 Å². The Kier molecular flexibility index (Phi) is 2.54. The molecule has 0 aromatic heterocycles. The van der Waals surface area contributed by atoms with Gasteiger partial charge in [-0.25, -0.2) is 0 Å². The standard InChI is InChI=1S/C16H8.C2H6/c1-2-8-13-12(7-1)14-9-3-5-11-6-4-10-15(13)16(11)14;1-2/h3-10H;1-2H3. The number of rotatable bonds is 0. The van der Waals surface area contributed by atoms with Gasteiger partial charge in [0.15, 0.2) is 0 Å². The molecular formula is C18H14. The average molecular weight is 230 g/mol. The molecule has 3 aromatic carbocycles. The van der Waals surface area contributed by atoms with Crippen LogP contribution < -0.4 is 0 Å². The fourth-order valence-corrected chi connectivity index (χ4v) is 2.62. The van der Waals surface area contributed by atoms with Crippen LogP contribution in [0.25, 0.3) is 33.0 Å². The topological polar surface area (TPSA) is 0 Å². The molecule has 3 aromatic rings. The van der Waals surface area contributed by atoms with E-state index in [1.807, 2.05) is 26.0 Å². The van der Waals surface area contributed by atoms with Crippen molar-refractivity contribution < 1.29 is 0 Å². The van der Waals surface area contributed by atoms with Gasteiger partial charge in [0, 0.05) is 0 Å². The highest BCUT2D eigenvalue weighted by atomic mass is 14.2. The Balaban J connectivity index is 0.000000478. The van der Waals surface area contributed by atoms with E-state index < -0.39 is 0 Å². The lowest BCUT2D eigenvalue weighted by Crippen LogP contribution is -1.73. The summed E-state index contributed by atoms with van der Waals surface area (Å²) in [5.74, 6) is 0. The molecule has 0 heterocycles. The first-order chi connectivity index (χ1) is 8.95. The molecule has 0 radical (unpaired) electrons. The van der Waals surface area contributed by atoms with Gasteiger partial charge < -0.3 is 0 Å². The molecule has 0 fully saturated rings. The first-order valence-electron chi connectivity index (χ1n) is 6.39. The largest absolute Gasteiger partial charge is 0.0696 e. The van der Waals surface area contributed by atoms with Gasteiger partial charge in [0.25, 0.3) is 0 Å². The Bertz CT molecular complexity index is 650. The molecule has 0 amide bonds. The molecule has 1 aliphatic carbocycles. The predicted molar refractivity (Wildman–Crippen MR) is 77.4 cm³/mol. The van der Waals surface area contributed by atoms with Crippen molar-refractivity contribution in [2.45, 2.75) is 13.8 Å². The normalized spacial score (nSPS) is 10.3. The zero-order valence-corrected chi connectivity index (χ0v) is 10.6. The van der Waals surface area contributed by atoms with Crippen LogP contribution in [0.5, 0.6) is 0 Å². The molecular weight excluding hydrogens is 216 g/mol. The Labute approximate surface area is 108 Å². The fraction of sp³-hybridized carbons (Fsp3) is 0.111. The van der Waals surface area contributed by atoms with E-state index in [1.165, 1.54) is 33.0 Å². The lowest BCUT2D eigenvalue weighted by Gasteiger charge is -2.00. The van der Waals surface area contributed by atoms with Crippen LogP contribution in [-0.2, 0) is 0 Å². The lowest BCUT2D eigenvalue weighted by atomic mass is 10.0. The van der Waals surface area contributed by atoms with Crippen LogP contribution in [0.4, 0.5) is 0 Å². The van der Waals surface area contributed by atoms with Gasteiger partial charge in [0.2, 0.25) is 0 Å². The molecule has 18 heavy (non-hydrogen) atoms. The van der Waals surface area contributed by atoms with E-state index in [2.05, 4.69) is 48.5 Å². The third kappa shape index (κ3) is 1.34. The van der Waals surface area contributed by atoms with Crippen LogP contribution in [-0.4, -0.2) is 0 Å². The number of hydrogen-bond acceptors (Lipinski definition) is 0. The highest BCUT2D eigenvalue weighted by Crippen LogP contribution is 2.45. The highest BCUT2D eigenvalue weighted by Gasteiger charge is 2.19. The van der Waals surface area contributed by atoms with Crippen LogP contribution in [0.1, 0.15) is 13.8 Å². The minimum absolute atomic E-state index is 1.28. The van der Waals surface area contributed by atoms with Crippen molar-refractivity contribution in [2.75, 3.05) is 0 Å². The SMILES string of the molecule is CC.c1cc2c(cc#1)-c1cccc3cccc-2c13. The maximum absolute atomic E-state index is 3.05. The van der Waals surface area contributed by atoms with Gasteiger partial charge in [-0.15, -0.1) is 0 Å². The second-order valence-electron chi connectivity index (χ2n) is 4.11. The summed E-state index contributed by atoms with van der Waals surface area (Å²) in [7, 11) is 0. The molecule has 0 aliphatic heterocycles. The molecule has 0 saturated heterocycles. The summed E-state index contributed by atoms with van der Waals surface area (Å²) >= 11 is 0. The summed E-state index contributed by atoms with van der Waals surface area (Å²) in [6.07, 6.45) is 0. The molecule has 0 bridgehead atoms. The zero-order chi connectivity index (χ0) is 12.5. The predicted octanol–water partition coefficient (Wildman–Crippen LogP) is 5.11. The molecule has 0 atom stereocenters. The Morgan fingerprint density at radius 2 is 1.17 bits per heavy atom. The Morgan fingerprint density at radius 1 is 0.667 bits per heavy atom. The second kappa shape index (κ2) is 4.20. The quantitative estimate of drug-likeness (QED) is 0.393. The molecule has 0 heteroatoms. The van der Waals surface area contributed by atoms with E-state index in [9.17, 15) is 0 Å². The summed E-state index contributed by atoms with van der Waals surface area (Å²) < 4.78 is 0. The fourth-order valence-electron chi connectivity index (χ4n) is 2.62. The summed E-state index contributed by atoms with van der Waals surface area (Å²) in [5, 5.41) is 2.68. The smallest absolute Gasteiger partial charge is 0.000857 e. The molecule has 0 unspecified atom stereocenters. The number of hydrogen-bond donors (Lipinski definition) is 0. The molecule has 1 aliphatic rings. The summed E-state index contributed by atoms with van der Waals surface area (Å²) in [5.41, 5.74) is 5.22. The van der Waals surface area contributed by atoms with Gasteiger partial charge in [-0.1, -0.05) is 62.4 Å². The van der Waals surface area contributed by atoms with Crippen molar-refractivity contribution in [3.63, 3.8) is 0 Å². The van der Waals surface area contributed by atoms with Crippen molar-refractivity contribution in [2.24, 2.45) is 0 Å². The van der Waals surface area contributed by atoms with Gasteiger partial charge >= 0.3 is 0 Å². The third-order valence-electron chi connectivity index (χ3n) is 3.29.